The molecule has 2 heterocycles. The van der Waals surface area contributed by atoms with Crippen molar-refractivity contribution in [2.75, 3.05) is 7.11 Å². The summed E-state index contributed by atoms with van der Waals surface area (Å²) in [4.78, 5) is 4.41. The Morgan fingerprint density at radius 1 is 1.09 bits per heavy atom. The maximum atomic E-state index is 6.33. The molecule has 0 amide bonds. The molecule has 0 aliphatic rings. The van der Waals surface area contributed by atoms with Gasteiger partial charge >= 0.3 is 0 Å². The molecule has 108 valence electrons. The van der Waals surface area contributed by atoms with E-state index >= 15 is 0 Å². The van der Waals surface area contributed by atoms with Crippen molar-refractivity contribution < 1.29 is 9.15 Å². The molecule has 4 aromatic rings. The third-order valence-corrected chi connectivity index (χ3v) is 4.01. The first-order valence-electron chi connectivity index (χ1n) is 6.87. The van der Waals surface area contributed by atoms with Crippen molar-refractivity contribution in [3.63, 3.8) is 0 Å². The van der Waals surface area contributed by atoms with Gasteiger partial charge in [0.1, 0.15) is 17.0 Å². The molecule has 0 spiro atoms. The lowest BCUT2D eigenvalue weighted by atomic mass is 10.1. The van der Waals surface area contributed by atoms with E-state index in [0.717, 1.165) is 38.9 Å². The fourth-order valence-electron chi connectivity index (χ4n) is 2.59. The Morgan fingerprint density at radius 3 is 2.68 bits per heavy atom. The van der Waals surface area contributed by atoms with Gasteiger partial charge < -0.3 is 9.15 Å². The van der Waals surface area contributed by atoms with Gasteiger partial charge in [-0.2, -0.15) is 0 Å². The summed E-state index contributed by atoms with van der Waals surface area (Å²) in [6.07, 6.45) is 1.74. The van der Waals surface area contributed by atoms with Crippen molar-refractivity contribution in [3.8, 4) is 17.1 Å². The number of pyridine rings is 1. The summed E-state index contributed by atoms with van der Waals surface area (Å²) < 4.78 is 11.2. The van der Waals surface area contributed by atoms with E-state index in [0.29, 0.717) is 5.02 Å². The lowest BCUT2D eigenvalue weighted by Gasteiger charge is -2.01. The number of furan rings is 1. The van der Waals surface area contributed by atoms with Crippen molar-refractivity contribution >= 4 is 33.5 Å². The average Bonchev–Trinajstić information content (AvgIpc) is 2.99. The van der Waals surface area contributed by atoms with Gasteiger partial charge in [0.15, 0.2) is 5.58 Å². The summed E-state index contributed by atoms with van der Waals surface area (Å²) in [5, 5.41) is 2.52. The summed E-state index contributed by atoms with van der Waals surface area (Å²) in [6.45, 7) is 0. The molecule has 0 atom stereocenters. The van der Waals surface area contributed by atoms with E-state index < -0.39 is 0 Å². The molecule has 0 fully saturated rings. The van der Waals surface area contributed by atoms with Crippen LogP contribution in [0.4, 0.5) is 0 Å². The van der Waals surface area contributed by atoms with E-state index in [4.69, 9.17) is 20.8 Å². The molecule has 4 rings (SSSR count). The zero-order valence-corrected chi connectivity index (χ0v) is 12.6. The van der Waals surface area contributed by atoms with Crippen LogP contribution in [0.5, 0.6) is 5.75 Å². The topological polar surface area (TPSA) is 35.3 Å². The summed E-state index contributed by atoms with van der Waals surface area (Å²) >= 11 is 6.33. The van der Waals surface area contributed by atoms with Gasteiger partial charge in [0.25, 0.3) is 0 Å². The zero-order chi connectivity index (χ0) is 15.1. The predicted molar refractivity (Wildman–Crippen MR) is 88.5 cm³/mol. The molecule has 0 saturated carbocycles. The van der Waals surface area contributed by atoms with Gasteiger partial charge in [-0.1, -0.05) is 11.6 Å². The van der Waals surface area contributed by atoms with Gasteiger partial charge in [-0.25, -0.2) is 0 Å². The third-order valence-electron chi connectivity index (χ3n) is 3.70. The van der Waals surface area contributed by atoms with Gasteiger partial charge in [-0.05, 0) is 48.5 Å². The van der Waals surface area contributed by atoms with E-state index in [9.17, 15) is 0 Å². The lowest BCUT2D eigenvalue weighted by molar-refractivity contribution is 0.415. The predicted octanol–water partition coefficient (Wildman–Crippen LogP) is 5.31. The fourth-order valence-corrected chi connectivity index (χ4v) is 2.86. The molecule has 0 bridgehead atoms. The number of hydrogen-bond donors (Lipinski definition) is 0. The number of rotatable bonds is 2. The van der Waals surface area contributed by atoms with Gasteiger partial charge in [0, 0.05) is 22.5 Å². The van der Waals surface area contributed by atoms with E-state index in [1.54, 1.807) is 13.3 Å². The first-order chi connectivity index (χ1) is 10.8. The van der Waals surface area contributed by atoms with Crippen LogP contribution in [0.2, 0.25) is 5.02 Å². The standard InChI is InChI=1S/C18H12ClNO2/c1-21-13-6-4-11(5-7-13)16-10-12-9-15(19)14-3-2-8-20-17(14)18(12)22-16/h2-10H,1H3. The van der Waals surface area contributed by atoms with E-state index in [1.807, 2.05) is 48.5 Å². The minimum Gasteiger partial charge on any atom is -0.497 e. The van der Waals surface area contributed by atoms with Crippen molar-refractivity contribution in [1.29, 1.82) is 0 Å². The highest BCUT2D eigenvalue weighted by Gasteiger charge is 2.12. The van der Waals surface area contributed by atoms with Crippen LogP contribution in [-0.2, 0) is 0 Å². The lowest BCUT2D eigenvalue weighted by Crippen LogP contribution is -1.81. The Hall–Kier alpha value is -2.52. The molecule has 0 N–H and O–H groups in total. The second-order valence-electron chi connectivity index (χ2n) is 5.02. The Labute approximate surface area is 132 Å². The normalized spacial score (nSPS) is 11.2. The summed E-state index contributed by atoms with van der Waals surface area (Å²) in [5.74, 6) is 1.60. The second kappa shape index (κ2) is 5.04. The average molecular weight is 310 g/mol. The van der Waals surface area contributed by atoms with E-state index in [1.165, 1.54) is 0 Å². The number of methoxy groups -OCH3 is 1. The molecular formula is C18H12ClNO2. The number of halogens is 1. The number of aromatic nitrogens is 1. The highest BCUT2D eigenvalue weighted by molar-refractivity contribution is 6.37. The van der Waals surface area contributed by atoms with Crippen LogP contribution in [0.25, 0.3) is 33.2 Å². The van der Waals surface area contributed by atoms with Crippen molar-refractivity contribution in [2.24, 2.45) is 0 Å². The second-order valence-corrected chi connectivity index (χ2v) is 5.42. The highest BCUT2D eigenvalue weighted by Crippen LogP contribution is 2.35. The number of fused-ring (bicyclic) bond motifs is 3. The first-order valence-corrected chi connectivity index (χ1v) is 7.25. The number of nitrogens with zero attached hydrogens (tertiary/aromatic N) is 1. The van der Waals surface area contributed by atoms with Crippen molar-refractivity contribution in [3.05, 3.63) is 59.8 Å². The smallest absolute Gasteiger partial charge is 0.161 e. The zero-order valence-electron chi connectivity index (χ0n) is 11.8. The molecule has 0 aliphatic carbocycles. The van der Waals surface area contributed by atoms with Crippen molar-refractivity contribution in [2.45, 2.75) is 0 Å². The summed E-state index contributed by atoms with van der Waals surface area (Å²) in [6, 6.07) is 15.5. The maximum absolute atomic E-state index is 6.33. The first kappa shape index (κ1) is 13.2. The molecule has 0 unspecified atom stereocenters. The Kier molecular flexibility index (Phi) is 3.01. The molecule has 22 heavy (non-hydrogen) atoms. The highest BCUT2D eigenvalue weighted by atomic mass is 35.5. The van der Waals surface area contributed by atoms with Gasteiger partial charge in [-0.3, -0.25) is 4.98 Å². The fraction of sp³-hybridized carbons (Fsp3) is 0.0556. The third kappa shape index (κ3) is 2.02. The minimum absolute atomic E-state index is 0.678. The van der Waals surface area contributed by atoms with E-state index in [2.05, 4.69) is 4.98 Å². The molecule has 3 nitrogen and oxygen atoms in total. The molecule has 2 aromatic carbocycles. The Balaban J connectivity index is 1.94. The van der Waals surface area contributed by atoms with Crippen LogP contribution in [0.1, 0.15) is 0 Å². The molecule has 0 saturated heterocycles. The summed E-state index contributed by atoms with van der Waals surface area (Å²) in [7, 11) is 1.65. The SMILES string of the molecule is COc1ccc(-c2cc3cc(Cl)c4cccnc4c3o2)cc1. The van der Waals surface area contributed by atoms with E-state index in [-0.39, 0.29) is 0 Å². The maximum Gasteiger partial charge on any atom is 0.161 e. The monoisotopic (exact) mass is 309 g/mol. The van der Waals surface area contributed by atoms with Crippen molar-refractivity contribution in [1.82, 2.24) is 4.98 Å². The quantitative estimate of drug-likeness (QED) is 0.503. The number of ether oxygens (including phenoxy) is 1. The Bertz CT molecular complexity index is 974. The number of benzene rings is 2. The largest absolute Gasteiger partial charge is 0.497 e. The van der Waals surface area contributed by atoms with Crippen LogP contribution in [-0.4, -0.2) is 12.1 Å². The molecule has 0 aliphatic heterocycles. The van der Waals surface area contributed by atoms with Crippen LogP contribution in [0.15, 0.2) is 59.1 Å². The van der Waals surface area contributed by atoms with Gasteiger partial charge in [-0.15, -0.1) is 0 Å². The number of hydrogen-bond acceptors (Lipinski definition) is 3. The Morgan fingerprint density at radius 2 is 1.91 bits per heavy atom. The molecule has 0 radical (unpaired) electrons. The van der Waals surface area contributed by atoms with Gasteiger partial charge in [0.05, 0.1) is 12.1 Å². The van der Waals surface area contributed by atoms with Crippen LogP contribution >= 0.6 is 11.6 Å². The summed E-state index contributed by atoms with van der Waals surface area (Å²) in [5.41, 5.74) is 2.52. The minimum atomic E-state index is 0.678. The van der Waals surface area contributed by atoms with Crippen LogP contribution in [0, 0.1) is 0 Å². The molecular weight excluding hydrogens is 298 g/mol. The molecule has 2 aromatic heterocycles. The molecule has 4 heteroatoms. The van der Waals surface area contributed by atoms with Crippen LogP contribution < -0.4 is 4.74 Å². The van der Waals surface area contributed by atoms with Gasteiger partial charge in [0.2, 0.25) is 0 Å². The van der Waals surface area contributed by atoms with Crippen LogP contribution in [0.3, 0.4) is 0 Å².